The predicted octanol–water partition coefficient (Wildman–Crippen LogP) is 0.734. The molecule has 19 heavy (non-hydrogen) atoms. The van der Waals surface area contributed by atoms with Crippen LogP contribution < -0.4 is 10.6 Å². The van der Waals surface area contributed by atoms with Crippen molar-refractivity contribution in [2.24, 2.45) is 0 Å². The molecule has 1 amide bonds. The number of anilines is 1. The summed E-state index contributed by atoms with van der Waals surface area (Å²) in [4.78, 5) is 11.6. The Balaban J connectivity index is 2.80. The highest BCUT2D eigenvalue weighted by Gasteiger charge is 2.12. The number of nitrogens with one attached hydrogen (secondary N) is 2. The molecule has 0 bridgehead atoms. The molecule has 0 heterocycles. The zero-order valence-electron chi connectivity index (χ0n) is 10.9. The molecule has 1 aromatic carbocycles. The monoisotopic (exact) mass is 286 g/mol. The molecule has 0 spiro atoms. The molecule has 106 valence electrons. The van der Waals surface area contributed by atoms with Gasteiger partial charge in [-0.1, -0.05) is 6.92 Å². The van der Waals surface area contributed by atoms with E-state index >= 15 is 0 Å². The minimum absolute atomic E-state index is 0.0484. The lowest BCUT2D eigenvalue weighted by molar-refractivity contribution is -0.116. The van der Waals surface area contributed by atoms with E-state index in [1.54, 1.807) is 0 Å². The van der Waals surface area contributed by atoms with E-state index in [1.807, 2.05) is 6.92 Å². The minimum Gasteiger partial charge on any atom is -0.506 e. The summed E-state index contributed by atoms with van der Waals surface area (Å²) >= 11 is 0. The van der Waals surface area contributed by atoms with Gasteiger partial charge in [0.2, 0.25) is 5.91 Å². The molecule has 0 aliphatic carbocycles. The Labute approximate surface area is 112 Å². The van der Waals surface area contributed by atoms with Gasteiger partial charge in [0.1, 0.15) is 5.75 Å². The molecule has 0 saturated heterocycles. The van der Waals surface area contributed by atoms with E-state index in [2.05, 4.69) is 10.6 Å². The molecule has 3 N–H and O–H groups in total. The third kappa shape index (κ3) is 4.88. The van der Waals surface area contributed by atoms with Crippen LogP contribution in [0.25, 0.3) is 0 Å². The summed E-state index contributed by atoms with van der Waals surface area (Å²) in [5.41, 5.74) is 0.101. The maximum Gasteiger partial charge on any atom is 0.225 e. The largest absolute Gasteiger partial charge is 0.506 e. The smallest absolute Gasteiger partial charge is 0.225 e. The molecule has 0 aliphatic heterocycles. The first-order chi connectivity index (χ1) is 8.84. The number of hydrogen-bond donors (Lipinski definition) is 3. The fourth-order valence-electron chi connectivity index (χ4n) is 1.44. The van der Waals surface area contributed by atoms with Gasteiger partial charge in [0, 0.05) is 19.2 Å². The number of carbonyl (C=O) groups is 1. The minimum atomic E-state index is -3.37. The molecular weight excluding hydrogens is 268 g/mol. The average molecular weight is 286 g/mol. The van der Waals surface area contributed by atoms with E-state index in [9.17, 15) is 18.3 Å². The van der Waals surface area contributed by atoms with Crippen molar-refractivity contribution >= 4 is 21.4 Å². The molecule has 0 aromatic heterocycles. The maximum atomic E-state index is 11.6. The Morgan fingerprint density at radius 3 is 2.63 bits per heavy atom. The second-order valence-electron chi connectivity index (χ2n) is 4.10. The van der Waals surface area contributed by atoms with Crippen LogP contribution in [0, 0.1) is 0 Å². The summed E-state index contributed by atoms with van der Waals surface area (Å²) in [6, 6.07) is 3.78. The van der Waals surface area contributed by atoms with E-state index in [1.165, 1.54) is 18.2 Å². The van der Waals surface area contributed by atoms with Crippen LogP contribution in [-0.2, 0) is 14.6 Å². The number of phenols is 1. The third-order valence-corrected chi connectivity index (χ3v) is 3.56. The molecule has 0 radical (unpaired) electrons. The highest BCUT2D eigenvalue weighted by atomic mass is 32.2. The van der Waals surface area contributed by atoms with Crippen LogP contribution in [0.2, 0.25) is 0 Å². The number of rotatable bonds is 6. The Morgan fingerprint density at radius 1 is 1.37 bits per heavy atom. The predicted molar refractivity (Wildman–Crippen MR) is 73.0 cm³/mol. The summed E-state index contributed by atoms with van der Waals surface area (Å²) in [6.45, 7) is 3.22. The molecule has 0 unspecified atom stereocenters. The lowest BCUT2D eigenvalue weighted by Gasteiger charge is -2.09. The molecule has 7 heteroatoms. The second-order valence-corrected chi connectivity index (χ2v) is 6.12. The van der Waals surface area contributed by atoms with E-state index < -0.39 is 9.84 Å². The summed E-state index contributed by atoms with van der Waals surface area (Å²) in [6.07, 6.45) is 1.31. The SMILES string of the molecule is CCNCCC(=O)Nc1cc(S(C)(=O)=O)ccc1O. The van der Waals surface area contributed by atoms with E-state index in [4.69, 9.17) is 0 Å². The number of amides is 1. The highest BCUT2D eigenvalue weighted by Crippen LogP contribution is 2.26. The molecule has 0 aliphatic rings. The topological polar surface area (TPSA) is 95.5 Å². The van der Waals surface area contributed by atoms with Gasteiger partial charge in [-0.3, -0.25) is 4.79 Å². The zero-order valence-corrected chi connectivity index (χ0v) is 11.8. The number of aromatic hydroxyl groups is 1. The number of benzene rings is 1. The Hall–Kier alpha value is -1.60. The van der Waals surface area contributed by atoms with Crippen LogP contribution in [0.15, 0.2) is 23.1 Å². The number of phenolic OH excluding ortho intramolecular Hbond substituents is 1. The van der Waals surface area contributed by atoms with Crippen molar-refractivity contribution < 1.29 is 18.3 Å². The fraction of sp³-hybridized carbons (Fsp3) is 0.417. The van der Waals surface area contributed by atoms with Crippen LogP contribution in [0.4, 0.5) is 5.69 Å². The van der Waals surface area contributed by atoms with Crippen LogP contribution in [0.1, 0.15) is 13.3 Å². The lowest BCUT2D eigenvalue weighted by atomic mass is 10.2. The maximum absolute atomic E-state index is 11.6. The van der Waals surface area contributed by atoms with Crippen molar-refractivity contribution in [1.29, 1.82) is 0 Å². The summed E-state index contributed by atoms with van der Waals surface area (Å²) in [7, 11) is -3.37. The fourth-order valence-corrected chi connectivity index (χ4v) is 2.08. The van der Waals surface area contributed by atoms with Gasteiger partial charge in [-0.05, 0) is 24.7 Å². The van der Waals surface area contributed by atoms with Gasteiger partial charge in [0.05, 0.1) is 10.6 Å². The standard InChI is InChI=1S/C12H18N2O4S/c1-3-13-7-6-12(16)14-10-8-9(19(2,17)18)4-5-11(10)15/h4-5,8,13,15H,3,6-7H2,1-2H3,(H,14,16). The first kappa shape index (κ1) is 15.5. The number of sulfone groups is 1. The third-order valence-electron chi connectivity index (χ3n) is 2.45. The van der Waals surface area contributed by atoms with E-state index in [-0.39, 0.29) is 28.7 Å². The molecule has 0 fully saturated rings. The molecule has 1 rings (SSSR count). The van der Waals surface area contributed by atoms with Gasteiger partial charge < -0.3 is 15.7 Å². The molecule has 6 nitrogen and oxygen atoms in total. The summed E-state index contributed by atoms with van der Waals surface area (Å²) in [5, 5.41) is 15.1. The number of hydrogen-bond acceptors (Lipinski definition) is 5. The van der Waals surface area contributed by atoms with Crippen LogP contribution in [0.5, 0.6) is 5.75 Å². The average Bonchev–Trinajstić information content (AvgIpc) is 2.31. The zero-order chi connectivity index (χ0) is 14.5. The Bertz CT molecular complexity index is 555. The Kier molecular flexibility index (Phi) is 5.31. The quantitative estimate of drug-likeness (QED) is 0.529. The van der Waals surface area contributed by atoms with Crippen molar-refractivity contribution in [2.45, 2.75) is 18.2 Å². The lowest BCUT2D eigenvalue weighted by Crippen LogP contribution is -2.21. The van der Waals surface area contributed by atoms with Gasteiger partial charge in [0.25, 0.3) is 0 Å². The van der Waals surface area contributed by atoms with Crippen molar-refractivity contribution in [3.05, 3.63) is 18.2 Å². The van der Waals surface area contributed by atoms with Crippen LogP contribution in [0.3, 0.4) is 0 Å². The van der Waals surface area contributed by atoms with Gasteiger partial charge in [-0.2, -0.15) is 0 Å². The van der Waals surface area contributed by atoms with Crippen molar-refractivity contribution in [2.75, 3.05) is 24.7 Å². The Morgan fingerprint density at radius 2 is 2.05 bits per heavy atom. The second kappa shape index (κ2) is 6.53. The van der Waals surface area contributed by atoms with Crippen molar-refractivity contribution in [3.8, 4) is 5.75 Å². The van der Waals surface area contributed by atoms with Crippen LogP contribution >= 0.6 is 0 Å². The van der Waals surface area contributed by atoms with Gasteiger partial charge >= 0.3 is 0 Å². The van der Waals surface area contributed by atoms with Gasteiger partial charge in [0.15, 0.2) is 9.84 Å². The van der Waals surface area contributed by atoms with Crippen molar-refractivity contribution in [1.82, 2.24) is 5.32 Å². The van der Waals surface area contributed by atoms with E-state index in [0.29, 0.717) is 6.54 Å². The summed E-state index contributed by atoms with van der Waals surface area (Å²) in [5.74, 6) is -0.453. The number of carbonyl (C=O) groups excluding carboxylic acids is 1. The molecular formula is C12H18N2O4S. The first-order valence-corrected chi connectivity index (χ1v) is 7.77. The molecule has 1 aromatic rings. The highest BCUT2D eigenvalue weighted by molar-refractivity contribution is 7.90. The van der Waals surface area contributed by atoms with Crippen molar-refractivity contribution in [3.63, 3.8) is 0 Å². The van der Waals surface area contributed by atoms with Gasteiger partial charge in [-0.25, -0.2) is 8.42 Å². The van der Waals surface area contributed by atoms with E-state index in [0.717, 1.165) is 12.8 Å². The summed E-state index contributed by atoms with van der Waals surface area (Å²) < 4.78 is 22.8. The van der Waals surface area contributed by atoms with Gasteiger partial charge in [-0.15, -0.1) is 0 Å². The van der Waals surface area contributed by atoms with Crippen LogP contribution in [-0.4, -0.2) is 38.8 Å². The normalized spacial score (nSPS) is 11.3. The molecule has 0 atom stereocenters. The first-order valence-electron chi connectivity index (χ1n) is 5.88. The molecule has 0 saturated carbocycles.